The molecule has 2 aromatic rings. The van der Waals surface area contributed by atoms with Crippen LogP contribution in [-0.2, 0) is 11.2 Å². The molecule has 0 bridgehead atoms. The summed E-state index contributed by atoms with van der Waals surface area (Å²) in [5, 5.41) is 12.4. The van der Waals surface area contributed by atoms with Gasteiger partial charge >= 0.3 is 5.97 Å². The molecule has 6 heteroatoms. The van der Waals surface area contributed by atoms with Gasteiger partial charge in [-0.1, -0.05) is 29.3 Å². The second kappa shape index (κ2) is 6.61. The molecule has 2 N–H and O–H groups in total. The number of hydrogen-bond acceptors (Lipinski definition) is 2. The van der Waals surface area contributed by atoms with Crippen molar-refractivity contribution in [1.29, 1.82) is 0 Å². The molecule has 0 heterocycles. The number of carbonyl (C=O) groups excluding carboxylic acids is 1. The van der Waals surface area contributed by atoms with Gasteiger partial charge < -0.3 is 10.4 Å². The Bertz CT molecular complexity index is 684. The Kier molecular flexibility index (Phi) is 4.83. The third kappa shape index (κ3) is 4.21. The van der Waals surface area contributed by atoms with Crippen molar-refractivity contribution in [2.45, 2.75) is 6.42 Å². The fraction of sp³-hybridized carbons (Fsp3) is 0.0667. The van der Waals surface area contributed by atoms with Crippen molar-refractivity contribution in [3.05, 3.63) is 63.6 Å². The molecule has 0 fully saturated rings. The van der Waals surface area contributed by atoms with Crippen molar-refractivity contribution in [2.24, 2.45) is 0 Å². The molecule has 1 amide bonds. The Hall–Kier alpha value is -2.04. The molecule has 0 spiro atoms. The lowest BCUT2D eigenvalue weighted by molar-refractivity contribution is -0.115. The molecule has 2 rings (SSSR count). The summed E-state index contributed by atoms with van der Waals surface area (Å²) in [6.07, 6.45) is 0.108. The maximum Gasteiger partial charge on any atom is 0.335 e. The fourth-order valence-electron chi connectivity index (χ4n) is 1.74. The molecule has 0 atom stereocenters. The van der Waals surface area contributed by atoms with Gasteiger partial charge in [-0.25, -0.2) is 4.79 Å². The number of rotatable bonds is 4. The molecule has 0 radical (unpaired) electrons. The van der Waals surface area contributed by atoms with Crippen LogP contribution in [0.3, 0.4) is 0 Å². The van der Waals surface area contributed by atoms with Crippen molar-refractivity contribution < 1.29 is 14.7 Å². The van der Waals surface area contributed by atoms with Crippen LogP contribution in [0.5, 0.6) is 0 Å². The molecule has 21 heavy (non-hydrogen) atoms. The zero-order valence-corrected chi connectivity index (χ0v) is 12.3. The van der Waals surface area contributed by atoms with Crippen LogP contribution in [0.1, 0.15) is 15.9 Å². The quantitative estimate of drug-likeness (QED) is 0.897. The summed E-state index contributed by atoms with van der Waals surface area (Å²) in [5.74, 6) is -1.26. The zero-order valence-electron chi connectivity index (χ0n) is 10.8. The van der Waals surface area contributed by atoms with E-state index in [-0.39, 0.29) is 17.9 Å². The third-order valence-corrected chi connectivity index (χ3v) is 3.37. The van der Waals surface area contributed by atoms with E-state index >= 15 is 0 Å². The zero-order chi connectivity index (χ0) is 15.4. The lowest BCUT2D eigenvalue weighted by Crippen LogP contribution is -2.14. The van der Waals surface area contributed by atoms with Gasteiger partial charge in [0, 0.05) is 15.7 Å². The summed E-state index contributed by atoms with van der Waals surface area (Å²) in [6, 6.07) is 10.8. The average Bonchev–Trinajstić information content (AvgIpc) is 2.42. The van der Waals surface area contributed by atoms with E-state index in [4.69, 9.17) is 28.3 Å². The SMILES string of the molecule is O=C(Cc1ccc(Cl)cc1Cl)Nc1ccc(C(=O)O)cc1. The van der Waals surface area contributed by atoms with Crippen LogP contribution in [0.2, 0.25) is 10.0 Å². The van der Waals surface area contributed by atoms with E-state index in [0.29, 0.717) is 21.3 Å². The molecular formula is C15H11Cl2NO3. The molecule has 0 aromatic heterocycles. The molecule has 0 aliphatic carbocycles. The Balaban J connectivity index is 2.02. The highest BCUT2D eigenvalue weighted by Crippen LogP contribution is 2.21. The smallest absolute Gasteiger partial charge is 0.335 e. The maximum atomic E-state index is 11.9. The largest absolute Gasteiger partial charge is 0.478 e. The predicted molar refractivity (Wildman–Crippen MR) is 82.2 cm³/mol. The van der Waals surface area contributed by atoms with Crippen molar-refractivity contribution in [2.75, 3.05) is 5.32 Å². The highest BCUT2D eigenvalue weighted by Gasteiger charge is 2.09. The minimum Gasteiger partial charge on any atom is -0.478 e. The minimum absolute atomic E-state index is 0.108. The number of carboxylic acids is 1. The van der Waals surface area contributed by atoms with Gasteiger partial charge in [0.2, 0.25) is 5.91 Å². The Morgan fingerprint density at radius 2 is 1.71 bits per heavy atom. The van der Waals surface area contributed by atoms with Crippen LogP contribution >= 0.6 is 23.2 Å². The van der Waals surface area contributed by atoms with Gasteiger partial charge in [-0.05, 0) is 42.0 Å². The first-order valence-electron chi connectivity index (χ1n) is 6.03. The van der Waals surface area contributed by atoms with Crippen LogP contribution in [0.4, 0.5) is 5.69 Å². The molecule has 2 aromatic carbocycles. The number of nitrogens with one attached hydrogen (secondary N) is 1. The first kappa shape index (κ1) is 15.4. The topological polar surface area (TPSA) is 66.4 Å². The van der Waals surface area contributed by atoms with Crippen LogP contribution in [0, 0.1) is 0 Å². The lowest BCUT2D eigenvalue weighted by atomic mass is 10.1. The molecular weight excluding hydrogens is 313 g/mol. The number of halogens is 2. The van der Waals surface area contributed by atoms with E-state index in [1.807, 2.05) is 0 Å². The van der Waals surface area contributed by atoms with E-state index in [0.717, 1.165) is 0 Å². The maximum absolute atomic E-state index is 11.9. The van der Waals surface area contributed by atoms with E-state index in [1.165, 1.54) is 24.3 Å². The second-order valence-electron chi connectivity index (χ2n) is 4.34. The van der Waals surface area contributed by atoms with Crippen LogP contribution in [0.25, 0.3) is 0 Å². The fourth-order valence-corrected chi connectivity index (χ4v) is 2.21. The summed E-state index contributed by atoms with van der Waals surface area (Å²) in [5.41, 5.74) is 1.35. The standard InChI is InChI=1S/C15H11Cl2NO3/c16-11-4-1-10(13(17)8-11)7-14(19)18-12-5-2-9(3-6-12)15(20)21/h1-6,8H,7H2,(H,18,19)(H,20,21). The summed E-state index contributed by atoms with van der Waals surface area (Å²) < 4.78 is 0. The van der Waals surface area contributed by atoms with Crippen LogP contribution < -0.4 is 5.32 Å². The summed E-state index contributed by atoms with van der Waals surface area (Å²) >= 11 is 11.8. The molecule has 0 saturated heterocycles. The van der Waals surface area contributed by atoms with E-state index in [9.17, 15) is 9.59 Å². The van der Waals surface area contributed by atoms with Crippen molar-refractivity contribution in [3.63, 3.8) is 0 Å². The molecule has 0 unspecified atom stereocenters. The Morgan fingerprint density at radius 3 is 2.29 bits per heavy atom. The lowest BCUT2D eigenvalue weighted by Gasteiger charge is -2.07. The van der Waals surface area contributed by atoms with E-state index in [1.54, 1.807) is 18.2 Å². The summed E-state index contributed by atoms with van der Waals surface area (Å²) in [6.45, 7) is 0. The molecule has 0 aliphatic rings. The van der Waals surface area contributed by atoms with Gasteiger partial charge in [0.05, 0.1) is 12.0 Å². The number of aromatic carboxylic acids is 1. The van der Waals surface area contributed by atoms with Gasteiger partial charge in [0.25, 0.3) is 0 Å². The first-order chi connectivity index (χ1) is 9.95. The average molecular weight is 324 g/mol. The molecule has 0 aliphatic heterocycles. The number of hydrogen-bond donors (Lipinski definition) is 2. The van der Waals surface area contributed by atoms with Crippen LogP contribution in [-0.4, -0.2) is 17.0 Å². The van der Waals surface area contributed by atoms with E-state index < -0.39 is 5.97 Å². The number of benzene rings is 2. The second-order valence-corrected chi connectivity index (χ2v) is 5.19. The van der Waals surface area contributed by atoms with Crippen molar-refractivity contribution >= 4 is 40.8 Å². The molecule has 108 valence electrons. The number of carbonyl (C=O) groups is 2. The van der Waals surface area contributed by atoms with Gasteiger partial charge in [0.1, 0.15) is 0 Å². The van der Waals surface area contributed by atoms with Gasteiger partial charge in [-0.3, -0.25) is 4.79 Å². The monoisotopic (exact) mass is 323 g/mol. The van der Waals surface area contributed by atoms with Gasteiger partial charge in [-0.2, -0.15) is 0 Å². The predicted octanol–water partition coefficient (Wildman–Crippen LogP) is 3.87. The first-order valence-corrected chi connectivity index (χ1v) is 6.78. The van der Waals surface area contributed by atoms with Gasteiger partial charge in [-0.15, -0.1) is 0 Å². The van der Waals surface area contributed by atoms with Gasteiger partial charge in [0.15, 0.2) is 0 Å². The van der Waals surface area contributed by atoms with E-state index in [2.05, 4.69) is 5.32 Å². The summed E-state index contributed by atoms with van der Waals surface area (Å²) in [7, 11) is 0. The Morgan fingerprint density at radius 1 is 1.05 bits per heavy atom. The Labute approximate surface area is 131 Å². The number of amides is 1. The normalized spacial score (nSPS) is 10.2. The van der Waals surface area contributed by atoms with Crippen molar-refractivity contribution in [1.82, 2.24) is 0 Å². The molecule has 0 saturated carbocycles. The van der Waals surface area contributed by atoms with Crippen molar-refractivity contribution in [3.8, 4) is 0 Å². The highest BCUT2D eigenvalue weighted by molar-refractivity contribution is 6.35. The number of anilines is 1. The third-order valence-electron chi connectivity index (χ3n) is 2.78. The molecule has 4 nitrogen and oxygen atoms in total. The highest BCUT2D eigenvalue weighted by atomic mass is 35.5. The minimum atomic E-state index is -1.01. The summed E-state index contributed by atoms with van der Waals surface area (Å²) in [4.78, 5) is 22.6. The van der Waals surface area contributed by atoms with Crippen LogP contribution in [0.15, 0.2) is 42.5 Å². The number of carboxylic acid groups (broad SMARTS) is 1.